The molecule has 10 heteroatoms. The number of amidine groups is 1. The van der Waals surface area contributed by atoms with Gasteiger partial charge in [0.1, 0.15) is 4.90 Å². The summed E-state index contributed by atoms with van der Waals surface area (Å²) in [6.45, 7) is 1.86. The number of aryl methyl sites for hydroxylation is 1. The quantitative estimate of drug-likeness (QED) is 0.765. The van der Waals surface area contributed by atoms with Crippen LogP contribution in [0.2, 0.25) is 0 Å². The number of nitrogens with zero attached hydrogens (tertiary/aromatic N) is 1. The highest BCUT2D eigenvalue weighted by molar-refractivity contribution is 8.15. The van der Waals surface area contributed by atoms with Gasteiger partial charge in [0, 0.05) is 11.8 Å². The number of fused-ring (bicyclic) bond motifs is 1. The van der Waals surface area contributed by atoms with E-state index in [2.05, 4.69) is 15.0 Å². The zero-order valence-corrected chi connectivity index (χ0v) is 17.1. The Morgan fingerprint density at radius 1 is 1.14 bits per heavy atom. The van der Waals surface area contributed by atoms with Gasteiger partial charge in [0.25, 0.3) is 10.0 Å². The maximum absolute atomic E-state index is 12.3. The van der Waals surface area contributed by atoms with E-state index >= 15 is 0 Å². The Morgan fingerprint density at radius 2 is 1.89 bits per heavy atom. The number of thioether (sulfide) groups is 1. The molecule has 0 unspecified atom stereocenters. The van der Waals surface area contributed by atoms with Gasteiger partial charge < -0.3 is 20.1 Å². The summed E-state index contributed by atoms with van der Waals surface area (Å²) < 4.78 is 38.7. The summed E-state index contributed by atoms with van der Waals surface area (Å²) in [5.41, 5.74) is 1.91. The van der Waals surface area contributed by atoms with Gasteiger partial charge in [-0.05, 0) is 36.8 Å². The molecule has 1 amide bonds. The van der Waals surface area contributed by atoms with Crippen molar-refractivity contribution in [2.75, 3.05) is 30.6 Å². The highest BCUT2D eigenvalue weighted by Crippen LogP contribution is 2.31. The summed E-state index contributed by atoms with van der Waals surface area (Å²) in [5.74, 6) is 0.713. The lowest BCUT2D eigenvalue weighted by Gasteiger charge is -2.18. The summed E-state index contributed by atoms with van der Waals surface area (Å²) in [6, 6.07) is 9.96. The van der Waals surface area contributed by atoms with Gasteiger partial charge in [-0.25, -0.2) is 0 Å². The Morgan fingerprint density at radius 3 is 2.61 bits per heavy atom. The van der Waals surface area contributed by atoms with Crippen molar-refractivity contribution in [3.05, 3.63) is 42.0 Å². The van der Waals surface area contributed by atoms with E-state index in [0.29, 0.717) is 22.9 Å². The molecule has 0 saturated carbocycles. The lowest BCUT2D eigenvalue weighted by molar-refractivity contribution is -0.113. The minimum atomic E-state index is -3.79. The monoisotopic (exact) mass is 421 g/mol. The number of amides is 1. The Bertz CT molecular complexity index is 1050. The van der Waals surface area contributed by atoms with E-state index in [1.165, 1.54) is 20.3 Å². The van der Waals surface area contributed by atoms with E-state index in [0.717, 1.165) is 17.3 Å². The van der Waals surface area contributed by atoms with Gasteiger partial charge in [-0.3, -0.25) is 4.79 Å². The van der Waals surface area contributed by atoms with Gasteiger partial charge in [0.05, 0.1) is 25.7 Å². The number of methoxy groups -OCH3 is 2. The summed E-state index contributed by atoms with van der Waals surface area (Å²) in [4.78, 5) is 12.4. The summed E-state index contributed by atoms with van der Waals surface area (Å²) >= 11 is 1.01. The summed E-state index contributed by atoms with van der Waals surface area (Å²) in [6.07, 6.45) is 0. The number of rotatable bonds is 5. The van der Waals surface area contributed by atoms with Crippen molar-refractivity contribution >= 4 is 44.2 Å². The molecular formula is C18H19N3O5S2. The topological polar surface area (TPSA) is 106 Å². The highest BCUT2D eigenvalue weighted by atomic mass is 32.2. The van der Waals surface area contributed by atoms with Crippen LogP contribution in [0, 0.1) is 6.92 Å². The standard InChI is InChI=1S/C18H19N3O5S2/c1-11-4-7-16-13(8-11)20-18(21-28(16,23)24)27-10-17(22)19-12-5-6-14(25-2)15(9-12)26-3/h4-9H,10H2,1-3H3,(H,19,22)(H,20,21). The van der Waals surface area contributed by atoms with E-state index in [1.807, 2.05) is 6.92 Å². The Kier molecular flexibility index (Phi) is 5.80. The number of nitrogens with one attached hydrogen (secondary N) is 2. The Hall–Kier alpha value is -2.72. The fourth-order valence-electron chi connectivity index (χ4n) is 2.57. The van der Waals surface area contributed by atoms with Gasteiger partial charge in [-0.1, -0.05) is 17.8 Å². The predicted molar refractivity (Wildman–Crippen MR) is 110 cm³/mol. The molecule has 2 N–H and O–H groups in total. The van der Waals surface area contributed by atoms with E-state index in [4.69, 9.17) is 9.47 Å². The van der Waals surface area contributed by atoms with Crippen LogP contribution in [0.4, 0.5) is 11.4 Å². The first-order valence-corrected chi connectivity index (χ1v) is 10.6. The van der Waals surface area contributed by atoms with E-state index in [1.54, 1.807) is 30.3 Å². The lowest BCUT2D eigenvalue weighted by Crippen LogP contribution is -2.22. The van der Waals surface area contributed by atoms with Crippen molar-refractivity contribution in [1.29, 1.82) is 0 Å². The molecule has 0 radical (unpaired) electrons. The highest BCUT2D eigenvalue weighted by Gasteiger charge is 2.25. The molecule has 1 aliphatic rings. The smallest absolute Gasteiger partial charge is 0.286 e. The van der Waals surface area contributed by atoms with Gasteiger partial charge in [0.2, 0.25) is 5.91 Å². The number of hydrogen-bond donors (Lipinski definition) is 2. The fourth-order valence-corrected chi connectivity index (χ4v) is 4.59. The van der Waals surface area contributed by atoms with Crippen molar-refractivity contribution in [3.8, 4) is 11.5 Å². The van der Waals surface area contributed by atoms with E-state index in [-0.39, 0.29) is 21.7 Å². The molecule has 0 spiro atoms. The molecule has 1 aliphatic heterocycles. The van der Waals surface area contributed by atoms with Crippen molar-refractivity contribution < 1.29 is 22.7 Å². The first-order valence-electron chi connectivity index (χ1n) is 8.19. The molecule has 0 aromatic heterocycles. The van der Waals surface area contributed by atoms with Crippen LogP contribution in [0.5, 0.6) is 11.5 Å². The average Bonchev–Trinajstić information content (AvgIpc) is 2.65. The van der Waals surface area contributed by atoms with Crippen molar-refractivity contribution in [3.63, 3.8) is 0 Å². The molecule has 0 bridgehead atoms. The molecular weight excluding hydrogens is 402 g/mol. The number of carbonyl (C=O) groups excluding carboxylic acids is 1. The third kappa shape index (κ3) is 4.39. The Labute approximate surface area is 167 Å². The van der Waals surface area contributed by atoms with Crippen LogP contribution in [0.15, 0.2) is 45.7 Å². The predicted octanol–water partition coefficient (Wildman–Crippen LogP) is 2.85. The maximum Gasteiger partial charge on any atom is 0.286 e. The fraction of sp³-hybridized carbons (Fsp3) is 0.222. The number of sulfonamides is 1. The normalized spacial score (nSPS) is 14.3. The molecule has 148 valence electrons. The minimum absolute atomic E-state index is 0.0170. The molecule has 0 aliphatic carbocycles. The SMILES string of the molecule is COc1ccc(NC(=O)CSC2=NS(=O)(=O)c3ccc(C)cc3N2)cc1OC. The molecule has 0 fully saturated rings. The van der Waals surface area contributed by atoms with Gasteiger partial charge in [-0.15, -0.1) is 4.40 Å². The molecule has 0 atom stereocenters. The van der Waals surface area contributed by atoms with E-state index in [9.17, 15) is 13.2 Å². The first kappa shape index (κ1) is 20.0. The number of benzene rings is 2. The maximum atomic E-state index is 12.3. The van der Waals surface area contributed by atoms with Crippen molar-refractivity contribution in [2.24, 2.45) is 4.40 Å². The van der Waals surface area contributed by atoms with Crippen molar-refractivity contribution in [2.45, 2.75) is 11.8 Å². The summed E-state index contributed by atoms with van der Waals surface area (Å²) in [5, 5.41) is 5.85. The molecule has 8 nitrogen and oxygen atoms in total. The zero-order chi connectivity index (χ0) is 20.3. The van der Waals surface area contributed by atoms with Gasteiger partial charge in [-0.2, -0.15) is 8.42 Å². The van der Waals surface area contributed by atoms with Gasteiger partial charge >= 0.3 is 0 Å². The molecule has 3 rings (SSSR count). The number of carbonyl (C=O) groups is 1. The van der Waals surface area contributed by atoms with Crippen LogP contribution in [0.3, 0.4) is 0 Å². The number of ether oxygens (including phenoxy) is 2. The average molecular weight is 422 g/mol. The van der Waals surface area contributed by atoms with Crippen LogP contribution in [0.1, 0.15) is 5.56 Å². The van der Waals surface area contributed by atoms with Gasteiger partial charge in [0.15, 0.2) is 16.7 Å². The minimum Gasteiger partial charge on any atom is -0.493 e. The largest absolute Gasteiger partial charge is 0.493 e. The molecule has 0 saturated heterocycles. The molecule has 2 aromatic carbocycles. The third-order valence-electron chi connectivity index (χ3n) is 3.86. The van der Waals surface area contributed by atoms with Crippen LogP contribution < -0.4 is 20.1 Å². The third-order valence-corrected chi connectivity index (χ3v) is 6.19. The molecule has 28 heavy (non-hydrogen) atoms. The second kappa shape index (κ2) is 8.11. The zero-order valence-electron chi connectivity index (χ0n) is 15.5. The van der Waals surface area contributed by atoms with E-state index < -0.39 is 10.0 Å². The lowest BCUT2D eigenvalue weighted by atomic mass is 10.2. The van der Waals surface area contributed by atoms with Crippen LogP contribution in [0.25, 0.3) is 0 Å². The van der Waals surface area contributed by atoms with Crippen molar-refractivity contribution in [1.82, 2.24) is 0 Å². The second-order valence-corrected chi connectivity index (χ2v) is 8.44. The van der Waals surface area contributed by atoms with Crippen LogP contribution in [-0.4, -0.2) is 39.5 Å². The number of hydrogen-bond acceptors (Lipinski definition) is 7. The van der Waals surface area contributed by atoms with Crippen LogP contribution in [-0.2, 0) is 14.8 Å². The van der Waals surface area contributed by atoms with Crippen LogP contribution >= 0.6 is 11.8 Å². The number of anilines is 2. The second-order valence-electron chi connectivity index (χ2n) is 5.90. The first-order chi connectivity index (χ1) is 13.3. The Balaban J connectivity index is 1.66. The molecule has 1 heterocycles. The molecule has 2 aromatic rings. The summed E-state index contributed by atoms with van der Waals surface area (Å²) in [7, 11) is -0.757.